The number of aryl methyl sites for hydroxylation is 1. The molecule has 0 radical (unpaired) electrons. The van der Waals surface area contributed by atoms with Crippen LogP contribution in [0.3, 0.4) is 0 Å². The highest BCUT2D eigenvalue weighted by molar-refractivity contribution is 7.86. The zero-order valence-electron chi connectivity index (χ0n) is 18.2. The topological polar surface area (TPSA) is 107 Å². The van der Waals surface area contributed by atoms with Crippen molar-refractivity contribution in [1.29, 1.82) is 0 Å². The van der Waals surface area contributed by atoms with Crippen molar-refractivity contribution in [2.75, 3.05) is 24.7 Å². The van der Waals surface area contributed by atoms with Gasteiger partial charge >= 0.3 is 16.1 Å². The largest absolute Gasteiger partial charge is 0.479 e. The number of fused-ring (bicyclic) bond motifs is 1. The van der Waals surface area contributed by atoms with Gasteiger partial charge in [0.25, 0.3) is 0 Å². The lowest BCUT2D eigenvalue weighted by Gasteiger charge is -2.13. The molecule has 2 aromatic carbocycles. The summed E-state index contributed by atoms with van der Waals surface area (Å²) in [6, 6.07) is 14.9. The van der Waals surface area contributed by atoms with Gasteiger partial charge in [0.1, 0.15) is 5.75 Å². The van der Waals surface area contributed by atoms with Crippen LogP contribution in [0.2, 0.25) is 0 Å². The number of rotatable bonds is 12. The summed E-state index contributed by atoms with van der Waals surface area (Å²) in [4.78, 5) is 11.2. The Balaban J connectivity index is 1.50. The molecule has 3 aromatic rings. The van der Waals surface area contributed by atoms with Gasteiger partial charge in [-0.1, -0.05) is 12.1 Å². The Morgan fingerprint density at radius 3 is 2.56 bits per heavy atom. The van der Waals surface area contributed by atoms with E-state index in [1.165, 1.54) is 0 Å². The second kappa shape index (κ2) is 10.5. The Hall–Kier alpha value is -3.04. The Morgan fingerprint density at radius 1 is 1.16 bits per heavy atom. The molecule has 3 rings (SSSR count). The third-order valence-electron chi connectivity index (χ3n) is 4.91. The molecule has 8 nitrogen and oxygen atoms in total. The van der Waals surface area contributed by atoms with Crippen LogP contribution in [0.1, 0.15) is 18.9 Å². The SMILES string of the molecule is CCOC(Cc1ccc(NCCCn2ccc3cc(OS(C)(=O)=O)ccc32)cc1)C(=O)O. The molecule has 172 valence electrons. The van der Waals surface area contributed by atoms with Crippen LogP contribution in [0.4, 0.5) is 5.69 Å². The molecule has 9 heteroatoms. The monoisotopic (exact) mass is 460 g/mol. The maximum Gasteiger partial charge on any atom is 0.333 e. The van der Waals surface area contributed by atoms with Crippen molar-refractivity contribution >= 4 is 32.7 Å². The highest BCUT2D eigenvalue weighted by Gasteiger charge is 2.17. The first-order chi connectivity index (χ1) is 15.2. The second-order valence-electron chi connectivity index (χ2n) is 7.48. The van der Waals surface area contributed by atoms with E-state index in [9.17, 15) is 18.3 Å². The minimum atomic E-state index is -3.55. The lowest BCUT2D eigenvalue weighted by molar-refractivity contribution is -0.149. The molecule has 0 aliphatic carbocycles. The Morgan fingerprint density at radius 2 is 1.91 bits per heavy atom. The quantitative estimate of drug-likeness (QED) is 0.315. The van der Waals surface area contributed by atoms with Gasteiger partial charge in [-0.05, 0) is 55.3 Å². The number of benzene rings is 2. The van der Waals surface area contributed by atoms with Crippen LogP contribution in [0.5, 0.6) is 5.75 Å². The molecular formula is C23H28N2O6S. The second-order valence-corrected chi connectivity index (χ2v) is 9.06. The van der Waals surface area contributed by atoms with Crippen LogP contribution < -0.4 is 9.50 Å². The van der Waals surface area contributed by atoms with Gasteiger partial charge in [0.05, 0.1) is 6.26 Å². The van der Waals surface area contributed by atoms with E-state index in [1.54, 1.807) is 19.1 Å². The van der Waals surface area contributed by atoms with E-state index in [1.807, 2.05) is 42.6 Å². The summed E-state index contributed by atoms with van der Waals surface area (Å²) in [5.41, 5.74) is 2.89. The van der Waals surface area contributed by atoms with E-state index in [0.717, 1.165) is 47.9 Å². The summed E-state index contributed by atoms with van der Waals surface area (Å²) in [5, 5.41) is 13.5. The molecule has 2 N–H and O–H groups in total. The summed E-state index contributed by atoms with van der Waals surface area (Å²) < 4.78 is 34.9. The predicted molar refractivity (Wildman–Crippen MR) is 124 cm³/mol. The molecule has 32 heavy (non-hydrogen) atoms. The fourth-order valence-corrected chi connectivity index (χ4v) is 3.93. The summed E-state index contributed by atoms with van der Waals surface area (Å²) in [7, 11) is -3.55. The predicted octanol–water partition coefficient (Wildman–Crippen LogP) is 3.51. The van der Waals surface area contributed by atoms with Gasteiger partial charge in [0.15, 0.2) is 6.10 Å². The van der Waals surface area contributed by atoms with Crippen molar-refractivity contribution in [3.8, 4) is 5.75 Å². The smallest absolute Gasteiger partial charge is 0.333 e. The number of aromatic nitrogens is 1. The molecule has 1 aromatic heterocycles. The van der Waals surface area contributed by atoms with Crippen LogP contribution in [0.15, 0.2) is 54.7 Å². The molecule has 0 saturated heterocycles. The highest BCUT2D eigenvalue weighted by atomic mass is 32.2. The molecule has 1 heterocycles. The summed E-state index contributed by atoms with van der Waals surface area (Å²) in [5.74, 6) is -0.649. The molecule has 0 amide bonds. The van der Waals surface area contributed by atoms with E-state index in [2.05, 4.69) is 9.88 Å². The van der Waals surface area contributed by atoms with Crippen LogP contribution in [0, 0.1) is 0 Å². The van der Waals surface area contributed by atoms with Crippen molar-refractivity contribution in [3.63, 3.8) is 0 Å². The Labute approximate surface area is 187 Å². The molecule has 0 saturated carbocycles. The molecule has 0 aliphatic heterocycles. The van der Waals surface area contributed by atoms with E-state index < -0.39 is 22.2 Å². The van der Waals surface area contributed by atoms with Crippen molar-refractivity contribution < 1.29 is 27.2 Å². The number of ether oxygens (including phenoxy) is 1. The van der Waals surface area contributed by atoms with Gasteiger partial charge in [-0.2, -0.15) is 8.42 Å². The average Bonchev–Trinajstić information content (AvgIpc) is 3.13. The summed E-state index contributed by atoms with van der Waals surface area (Å²) in [6.07, 6.45) is 3.39. The first kappa shape index (κ1) is 23.6. The molecule has 0 bridgehead atoms. The van der Waals surface area contributed by atoms with Crippen LogP contribution >= 0.6 is 0 Å². The molecule has 0 fully saturated rings. The first-order valence-corrected chi connectivity index (χ1v) is 12.2. The minimum absolute atomic E-state index is 0.304. The van der Waals surface area contributed by atoms with Gasteiger partial charge in [0.2, 0.25) is 0 Å². The van der Waals surface area contributed by atoms with Crippen molar-refractivity contribution in [1.82, 2.24) is 4.57 Å². The highest BCUT2D eigenvalue weighted by Crippen LogP contribution is 2.23. The van der Waals surface area contributed by atoms with E-state index in [0.29, 0.717) is 18.8 Å². The standard InChI is InChI=1S/C23H28N2O6S/c1-3-30-22(23(26)27)15-17-5-7-19(8-6-17)24-12-4-13-25-14-11-18-16-20(9-10-21(18)25)31-32(2,28)29/h5-11,14,16,22,24H,3-4,12-13,15H2,1-2H3,(H,26,27). The fraction of sp³-hybridized carbons (Fsp3) is 0.348. The number of carboxylic acids is 1. The number of carbonyl (C=O) groups is 1. The summed E-state index contributed by atoms with van der Waals surface area (Å²) >= 11 is 0. The number of nitrogens with one attached hydrogen (secondary N) is 1. The van der Waals surface area contributed by atoms with Crippen LogP contribution in [-0.4, -0.2) is 49.6 Å². The van der Waals surface area contributed by atoms with Gasteiger partial charge < -0.3 is 23.9 Å². The summed E-state index contributed by atoms with van der Waals surface area (Å²) in [6.45, 7) is 3.72. The Kier molecular flexibility index (Phi) is 7.76. The van der Waals surface area contributed by atoms with E-state index in [4.69, 9.17) is 8.92 Å². The third-order valence-corrected chi connectivity index (χ3v) is 5.41. The number of anilines is 1. The molecule has 0 aliphatic rings. The lowest BCUT2D eigenvalue weighted by Crippen LogP contribution is -2.26. The Bertz CT molecular complexity index is 1150. The number of hydrogen-bond donors (Lipinski definition) is 2. The minimum Gasteiger partial charge on any atom is -0.479 e. The molecule has 0 spiro atoms. The van der Waals surface area contributed by atoms with Crippen molar-refractivity contribution in [2.45, 2.75) is 32.4 Å². The van der Waals surface area contributed by atoms with Crippen LogP contribution in [-0.2, 0) is 32.6 Å². The maximum atomic E-state index is 11.3. The normalized spacial score (nSPS) is 12.6. The third kappa shape index (κ3) is 6.73. The first-order valence-electron chi connectivity index (χ1n) is 10.4. The van der Waals surface area contributed by atoms with E-state index in [-0.39, 0.29) is 0 Å². The fourth-order valence-electron chi connectivity index (χ4n) is 3.47. The van der Waals surface area contributed by atoms with Crippen molar-refractivity contribution in [3.05, 3.63) is 60.3 Å². The van der Waals surface area contributed by atoms with E-state index >= 15 is 0 Å². The maximum absolute atomic E-state index is 11.3. The van der Waals surface area contributed by atoms with Gasteiger partial charge in [-0.25, -0.2) is 4.79 Å². The molecule has 1 atom stereocenters. The number of aliphatic carboxylic acids is 1. The number of carboxylic acid groups (broad SMARTS) is 1. The average molecular weight is 461 g/mol. The zero-order chi connectivity index (χ0) is 23.1. The van der Waals surface area contributed by atoms with Gasteiger partial charge in [0, 0.05) is 48.9 Å². The van der Waals surface area contributed by atoms with Gasteiger partial charge in [-0.15, -0.1) is 0 Å². The molecule has 1 unspecified atom stereocenters. The van der Waals surface area contributed by atoms with Crippen LogP contribution in [0.25, 0.3) is 10.9 Å². The zero-order valence-corrected chi connectivity index (χ0v) is 19.0. The molecular weight excluding hydrogens is 432 g/mol. The number of hydrogen-bond acceptors (Lipinski definition) is 6. The lowest BCUT2D eigenvalue weighted by atomic mass is 10.1. The van der Waals surface area contributed by atoms with Gasteiger partial charge in [-0.3, -0.25) is 0 Å². The number of nitrogens with zero attached hydrogens (tertiary/aromatic N) is 1. The van der Waals surface area contributed by atoms with Crippen molar-refractivity contribution in [2.24, 2.45) is 0 Å².